The molecule has 1 aliphatic rings. The monoisotopic (exact) mass is 546 g/mol. The molecule has 2 rings (SSSR count). The first kappa shape index (κ1) is 27.5. The van der Waals surface area contributed by atoms with E-state index in [9.17, 15) is 9.90 Å². The number of benzene rings is 1. The van der Waals surface area contributed by atoms with Crippen LogP contribution in [0.5, 0.6) is 5.75 Å². The Hall–Kier alpha value is -1.55. The molecule has 1 fully saturated rings. The van der Waals surface area contributed by atoms with Crippen LogP contribution in [0.4, 0.5) is 0 Å². The van der Waals surface area contributed by atoms with Gasteiger partial charge in [0.05, 0.1) is 6.54 Å². The highest BCUT2D eigenvalue weighted by molar-refractivity contribution is 14.0. The number of nitrogens with zero attached hydrogens (tertiary/aromatic N) is 1. The van der Waals surface area contributed by atoms with Gasteiger partial charge in [0.25, 0.3) is 5.91 Å². The van der Waals surface area contributed by atoms with E-state index in [1.807, 2.05) is 31.2 Å². The van der Waals surface area contributed by atoms with Crippen molar-refractivity contribution in [1.29, 1.82) is 0 Å². The van der Waals surface area contributed by atoms with Crippen molar-refractivity contribution in [2.45, 2.75) is 65.5 Å². The number of guanidine groups is 1. The molecular weight excluding hydrogens is 507 g/mol. The largest absolute Gasteiger partial charge is 0.484 e. The molecule has 1 amide bonds. The molecule has 176 valence electrons. The second kappa shape index (κ2) is 14.5. The van der Waals surface area contributed by atoms with Crippen LogP contribution in [0, 0.1) is 5.41 Å². The third-order valence-electron chi connectivity index (χ3n) is 5.75. The van der Waals surface area contributed by atoms with Crippen molar-refractivity contribution in [3.8, 4) is 5.75 Å². The van der Waals surface area contributed by atoms with E-state index < -0.39 is 0 Å². The molecule has 31 heavy (non-hydrogen) atoms. The number of amides is 1. The molecule has 1 aliphatic carbocycles. The first-order chi connectivity index (χ1) is 14.5. The van der Waals surface area contributed by atoms with Crippen molar-refractivity contribution in [1.82, 2.24) is 16.0 Å². The molecule has 1 aromatic rings. The Morgan fingerprint density at radius 2 is 1.97 bits per heavy atom. The number of hydrogen-bond donors (Lipinski definition) is 4. The van der Waals surface area contributed by atoms with Crippen LogP contribution in [-0.4, -0.2) is 49.3 Å². The van der Waals surface area contributed by atoms with Crippen molar-refractivity contribution >= 4 is 35.8 Å². The number of aliphatic hydroxyl groups is 1. The van der Waals surface area contributed by atoms with Crippen molar-refractivity contribution in [2.75, 3.05) is 26.3 Å². The highest BCUT2D eigenvalue weighted by Crippen LogP contribution is 2.29. The molecule has 1 saturated carbocycles. The van der Waals surface area contributed by atoms with Crippen LogP contribution in [0.2, 0.25) is 0 Å². The Morgan fingerprint density at radius 3 is 2.58 bits per heavy atom. The fourth-order valence-corrected chi connectivity index (χ4v) is 3.34. The van der Waals surface area contributed by atoms with Gasteiger partial charge in [-0.2, -0.15) is 0 Å². The minimum Gasteiger partial charge on any atom is -0.484 e. The van der Waals surface area contributed by atoms with E-state index in [1.54, 1.807) is 0 Å². The zero-order valence-corrected chi connectivity index (χ0v) is 21.4. The second-order valence-corrected chi connectivity index (χ2v) is 8.01. The quantitative estimate of drug-likeness (QED) is 0.173. The first-order valence-corrected chi connectivity index (χ1v) is 11.2. The molecule has 0 spiro atoms. The van der Waals surface area contributed by atoms with Gasteiger partial charge in [-0.3, -0.25) is 4.79 Å². The normalized spacial score (nSPS) is 13.9. The van der Waals surface area contributed by atoms with Gasteiger partial charge in [0.15, 0.2) is 12.6 Å². The summed E-state index contributed by atoms with van der Waals surface area (Å²) in [5.74, 6) is 1.36. The molecule has 0 radical (unpaired) electrons. The predicted molar refractivity (Wildman–Crippen MR) is 136 cm³/mol. The van der Waals surface area contributed by atoms with Crippen LogP contribution in [-0.2, 0) is 11.3 Å². The van der Waals surface area contributed by atoms with Crippen LogP contribution < -0.4 is 20.7 Å². The van der Waals surface area contributed by atoms with Crippen molar-refractivity contribution in [3.05, 3.63) is 29.8 Å². The Bertz CT molecular complexity index is 691. The van der Waals surface area contributed by atoms with E-state index in [0.717, 1.165) is 56.7 Å². The van der Waals surface area contributed by atoms with Crippen LogP contribution >= 0.6 is 24.0 Å². The summed E-state index contributed by atoms with van der Waals surface area (Å²) in [4.78, 5) is 16.5. The van der Waals surface area contributed by atoms with Gasteiger partial charge in [-0.15, -0.1) is 24.0 Å². The SMILES string of the molecule is CCNC(=NCc1cccc(OCC(=O)NC2CC2)c1)NCC(CC)(CC)CCO.I. The van der Waals surface area contributed by atoms with Gasteiger partial charge < -0.3 is 25.8 Å². The number of rotatable bonds is 13. The van der Waals surface area contributed by atoms with E-state index >= 15 is 0 Å². The second-order valence-electron chi connectivity index (χ2n) is 8.01. The number of carbonyl (C=O) groups excluding carboxylic acids is 1. The van der Waals surface area contributed by atoms with Gasteiger partial charge in [0.2, 0.25) is 0 Å². The maximum Gasteiger partial charge on any atom is 0.258 e. The van der Waals surface area contributed by atoms with Crippen LogP contribution in [0.3, 0.4) is 0 Å². The Kier molecular flexibility index (Phi) is 12.9. The minimum atomic E-state index is -0.0715. The molecule has 0 aromatic heterocycles. The molecule has 0 unspecified atom stereocenters. The lowest BCUT2D eigenvalue weighted by molar-refractivity contribution is -0.123. The summed E-state index contributed by atoms with van der Waals surface area (Å²) in [7, 11) is 0. The summed E-state index contributed by atoms with van der Waals surface area (Å²) in [6.07, 6.45) is 4.92. The van der Waals surface area contributed by atoms with Gasteiger partial charge >= 0.3 is 0 Å². The van der Waals surface area contributed by atoms with Crippen molar-refractivity contribution < 1.29 is 14.6 Å². The van der Waals surface area contributed by atoms with Gasteiger partial charge in [-0.25, -0.2) is 4.99 Å². The molecule has 1 aromatic carbocycles. The van der Waals surface area contributed by atoms with Crippen molar-refractivity contribution in [2.24, 2.45) is 10.4 Å². The summed E-state index contributed by atoms with van der Waals surface area (Å²) in [6, 6.07) is 8.03. The summed E-state index contributed by atoms with van der Waals surface area (Å²) >= 11 is 0. The molecule has 0 atom stereocenters. The highest BCUT2D eigenvalue weighted by Gasteiger charge is 2.25. The highest BCUT2D eigenvalue weighted by atomic mass is 127. The summed E-state index contributed by atoms with van der Waals surface area (Å²) in [6.45, 7) is 8.66. The summed E-state index contributed by atoms with van der Waals surface area (Å²) in [5, 5.41) is 19.1. The third kappa shape index (κ3) is 10.1. The molecule has 0 bridgehead atoms. The molecule has 7 nitrogen and oxygen atoms in total. The number of nitrogens with one attached hydrogen (secondary N) is 3. The van der Waals surface area contributed by atoms with E-state index in [4.69, 9.17) is 9.73 Å². The fourth-order valence-electron chi connectivity index (χ4n) is 3.34. The molecule has 0 heterocycles. The number of ether oxygens (including phenoxy) is 1. The molecule has 0 aliphatic heterocycles. The fraction of sp³-hybridized carbons (Fsp3) is 0.652. The summed E-state index contributed by atoms with van der Waals surface area (Å²) in [5.41, 5.74) is 1.08. The molecule has 8 heteroatoms. The maximum atomic E-state index is 11.8. The molecule has 0 saturated heterocycles. The van der Waals surface area contributed by atoms with Gasteiger partial charge in [0.1, 0.15) is 5.75 Å². The van der Waals surface area contributed by atoms with Crippen molar-refractivity contribution in [3.63, 3.8) is 0 Å². The minimum absolute atomic E-state index is 0. The van der Waals surface area contributed by atoms with Crippen LogP contribution in [0.15, 0.2) is 29.3 Å². The van der Waals surface area contributed by atoms with E-state index in [-0.39, 0.29) is 48.5 Å². The standard InChI is InChI=1S/C23H38N4O3.HI/c1-4-23(5-2,12-13-28)17-26-22(24-6-3)25-15-18-8-7-9-20(14-18)30-16-21(29)27-19-10-11-19;/h7-9,14,19,28H,4-6,10-13,15-17H2,1-3H3,(H,27,29)(H2,24,25,26);1H. The van der Waals surface area contributed by atoms with Gasteiger partial charge in [0, 0.05) is 25.7 Å². The Morgan fingerprint density at radius 1 is 1.23 bits per heavy atom. The smallest absolute Gasteiger partial charge is 0.258 e. The zero-order chi connectivity index (χ0) is 21.8. The van der Waals surface area contributed by atoms with Crippen LogP contribution in [0.25, 0.3) is 0 Å². The van der Waals surface area contributed by atoms with Crippen LogP contribution in [0.1, 0.15) is 58.4 Å². The number of hydrogen-bond acceptors (Lipinski definition) is 4. The number of carbonyl (C=O) groups is 1. The van der Waals surface area contributed by atoms with E-state index in [0.29, 0.717) is 18.3 Å². The first-order valence-electron chi connectivity index (χ1n) is 11.2. The average Bonchev–Trinajstić information content (AvgIpc) is 3.57. The predicted octanol–water partition coefficient (Wildman–Crippen LogP) is 3.21. The number of aliphatic imine (C=N–C) groups is 1. The lowest BCUT2D eigenvalue weighted by Crippen LogP contribution is -2.43. The van der Waals surface area contributed by atoms with E-state index in [1.165, 1.54) is 0 Å². The average molecular weight is 546 g/mol. The Labute approximate surface area is 203 Å². The lowest BCUT2D eigenvalue weighted by atomic mass is 9.79. The number of aliphatic hydroxyl groups excluding tert-OH is 1. The lowest BCUT2D eigenvalue weighted by Gasteiger charge is -2.32. The third-order valence-corrected chi connectivity index (χ3v) is 5.75. The maximum absolute atomic E-state index is 11.8. The molecular formula is C23H39IN4O3. The molecule has 4 N–H and O–H groups in total. The Balaban J connectivity index is 0.00000480. The van der Waals surface area contributed by atoms with Gasteiger partial charge in [-0.1, -0.05) is 26.0 Å². The zero-order valence-electron chi connectivity index (χ0n) is 19.1. The topological polar surface area (TPSA) is 95.0 Å². The summed E-state index contributed by atoms with van der Waals surface area (Å²) < 4.78 is 5.62. The number of halogens is 1. The van der Waals surface area contributed by atoms with Gasteiger partial charge in [-0.05, 0) is 62.1 Å². The van der Waals surface area contributed by atoms with E-state index in [2.05, 4.69) is 29.8 Å².